The zero-order valence-corrected chi connectivity index (χ0v) is 23.3. The smallest absolute Gasteiger partial charge is 0.324 e. The second-order valence-electron chi connectivity index (χ2n) is 9.71. The number of unbranched alkanes of at least 4 members (excludes halogenated alkanes) is 14. The molecule has 0 aliphatic rings. The Morgan fingerprint density at radius 2 is 0.939 bits per heavy atom. The van der Waals surface area contributed by atoms with Gasteiger partial charge in [-0.25, -0.2) is 0 Å². The van der Waals surface area contributed by atoms with Gasteiger partial charge in [-0.15, -0.1) is 0 Å². The van der Waals surface area contributed by atoms with Crippen molar-refractivity contribution in [1.29, 1.82) is 0 Å². The van der Waals surface area contributed by atoms with Crippen molar-refractivity contribution in [1.82, 2.24) is 0 Å². The fourth-order valence-corrected chi connectivity index (χ4v) is 7.07. The zero-order chi connectivity index (χ0) is 25.1. The van der Waals surface area contributed by atoms with E-state index in [0.717, 1.165) is 38.5 Å². The molecule has 0 rings (SSSR count). The molecule has 33 heavy (non-hydrogen) atoms. The molecule has 0 saturated carbocycles. The van der Waals surface area contributed by atoms with Crippen LogP contribution in [-0.2, 0) is 18.2 Å². The average Bonchev–Trinajstić information content (AvgIpc) is 2.69. The number of hydrogen-bond donors (Lipinski definition) is 2. The second-order valence-corrected chi connectivity index (χ2v) is 13.4. The summed E-state index contributed by atoms with van der Waals surface area (Å²) >= 11 is 0. The van der Waals surface area contributed by atoms with E-state index in [1.54, 1.807) is 0 Å². The van der Waals surface area contributed by atoms with Gasteiger partial charge in [0.15, 0.2) is 0 Å². The molecule has 0 amide bonds. The van der Waals surface area contributed by atoms with E-state index in [2.05, 4.69) is 27.7 Å². The minimum atomic E-state index is -4.34. The summed E-state index contributed by atoms with van der Waals surface area (Å²) in [4.78, 5) is 18.6. The third-order valence-electron chi connectivity index (χ3n) is 5.64. The maximum atomic E-state index is 13.4. The molecule has 8 heteroatoms. The minimum Gasteiger partial charge on any atom is -0.324 e. The molecular formula is C25H52O6P2. The van der Waals surface area contributed by atoms with Crippen LogP contribution in [0.25, 0.3) is 0 Å². The van der Waals surface area contributed by atoms with Crippen LogP contribution >= 0.6 is 15.2 Å². The summed E-state index contributed by atoms with van der Waals surface area (Å²) in [5.74, 6) is 0. The first-order chi connectivity index (χ1) is 15.5. The summed E-state index contributed by atoms with van der Waals surface area (Å²) in [7, 11) is -7.87. The summed E-state index contributed by atoms with van der Waals surface area (Å²) in [6.07, 6.45) is 17.6. The van der Waals surface area contributed by atoms with Crippen LogP contribution in [0.4, 0.5) is 0 Å². The molecule has 0 aliphatic carbocycles. The van der Waals surface area contributed by atoms with Gasteiger partial charge >= 0.3 is 15.2 Å². The van der Waals surface area contributed by atoms with E-state index in [-0.39, 0.29) is 6.16 Å². The molecule has 0 spiro atoms. The molecule has 0 atom stereocenters. The largest absolute Gasteiger partial charge is 0.331 e. The molecule has 6 nitrogen and oxygen atoms in total. The lowest BCUT2D eigenvalue weighted by molar-refractivity contribution is 0.193. The van der Waals surface area contributed by atoms with Gasteiger partial charge in [0.2, 0.25) is 0 Å². The quantitative estimate of drug-likeness (QED) is 0.100. The Kier molecular flexibility index (Phi) is 19.7. The van der Waals surface area contributed by atoms with Crippen LogP contribution < -0.4 is 0 Å². The Morgan fingerprint density at radius 1 is 0.606 bits per heavy atom. The minimum absolute atomic E-state index is 0.195. The molecule has 0 aliphatic heterocycles. The van der Waals surface area contributed by atoms with Crippen LogP contribution in [0.5, 0.6) is 0 Å². The highest BCUT2D eigenvalue weighted by molar-refractivity contribution is 7.54. The molecule has 0 aromatic carbocycles. The normalized spacial score (nSPS) is 13.0. The van der Waals surface area contributed by atoms with Gasteiger partial charge in [0.1, 0.15) is 0 Å². The standard InChI is InChI=1S/C25H52O6P2/c1-5-7-9-11-13-15-17-19-21-30-33(29,24-25(3,4)23-32(26,27)28)31-22-20-18-16-14-12-10-8-6-2/h3-24H2,1-2H3,(H2,26,27,28). The van der Waals surface area contributed by atoms with E-state index < -0.39 is 26.8 Å². The summed E-state index contributed by atoms with van der Waals surface area (Å²) in [6.45, 7) is 12.6. The average molecular weight is 511 g/mol. The van der Waals surface area contributed by atoms with E-state index in [1.165, 1.54) is 64.2 Å². The van der Waals surface area contributed by atoms with Gasteiger partial charge in [-0.05, 0) is 32.1 Å². The summed E-state index contributed by atoms with van der Waals surface area (Å²) in [5, 5.41) is 0. The lowest BCUT2D eigenvalue weighted by Crippen LogP contribution is -2.24. The van der Waals surface area contributed by atoms with Crippen molar-refractivity contribution in [3.05, 3.63) is 13.8 Å². The van der Waals surface area contributed by atoms with E-state index in [4.69, 9.17) is 9.05 Å². The molecule has 0 aromatic rings. The Bertz CT molecular complexity index is 521. The van der Waals surface area contributed by atoms with Crippen LogP contribution in [0.2, 0.25) is 0 Å². The first-order valence-corrected chi connectivity index (χ1v) is 16.7. The van der Waals surface area contributed by atoms with Crippen molar-refractivity contribution in [2.24, 2.45) is 5.41 Å². The van der Waals surface area contributed by atoms with Crippen molar-refractivity contribution in [3.63, 3.8) is 0 Å². The van der Waals surface area contributed by atoms with Gasteiger partial charge in [-0.1, -0.05) is 104 Å². The molecule has 2 N–H and O–H groups in total. The Morgan fingerprint density at radius 3 is 1.27 bits per heavy atom. The van der Waals surface area contributed by atoms with Crippen molar-refractivity contribution in [3.8, 4) is 0 Å². The predicted molar refractivity (Wildman–Crippen MR) is 140 cm³/mol. The molecule has 2 radical (unpaired) electrons. The van der Waals surface area contributed by atoms with Crippen molar-refractivity contribution in [2.45, 2.75) is 117 Å². The molecule has 198 valence electrons. The van der Waals surface area contributed by atoms with Gasteiger partial charge < -0.3 is 18.8 Å². The van der Waals surface area contributed by atoms with Crippen LogP contribution in [0.3, 0.4) is 0 Å². The molecular weight excluding hydrogens is 458 g/mol. The van der Waals surface area contributed by atoms with E-state index in [1.807, 2.05) is 0 Å². The first kappa shape index (κ1) is 33.3. The van der Waals surface area contributed by atoms with Gasteiger partial charge in [0.25, 0.3) is 0 Å². The Hall–Kier alpha value is 0.300. The van der Waals surface area contributed by atoms with E-state index >= 15 is 0 Å². The highest BCUT2D eigenvalue weighted by Crippen LogP contribution is 2.55. The fraction of sp³-hybridized carbons (Fsp3) is 0.920. The van der Waals surface area contributed by atoms with Gasteiger partial charge in [0, 0.05) is 0 Å². The molecule has 0 aromatic heterocycles. The molecule has 0 heterocycles. The maximum Gasteiger partial charge on any atom is 0.331 e. The van der Waals surface area contributed by atoms with E-state index in [9.17, 15) is 18.9 Å². The monoisotopic (exact) mass is 510 g/mol. The second kappa shape index (κ2) is 19.5. The van der Waals surface area contributed by atoms with Crippen LogP contribution in [0.1, 0.15) is 117 Å². The van der Waals surface area contributed by atoms with Gasteiger partial charge in [0.05, 0.1) is 25.5 Å². The SMILES string of the molecule is [CH2]C([CH2])(CP(=O)(O)O)CP(=O)(OCCCCCCCCCC)OCCCCCCCCCC. The lowest BCUT2D eigenvalue weighted by atomic mass is 10.0. The Labute approximate surface area is 204 Å². The first-order valence-electron chi connectivity index (χ1n) is 13.2. The number of hydrogen-bond acceptors (Lipinski definition) is 4. The summed E-state index contributed by atoms with van der Waals surface area (Å²) in [5.41, 5.74) is -1.33. The fourth-order valence-electron chi connectivity index (χ4n) is 3.91. The maximum absolute atomic E-state index is 13.4. The third-order valence-corrected chi connectivity index (χ3v) is 8.94. The van der Waals surface area contributed by atoms with Crippen LogP contribution in [0, 0.1) is 19.3 Å². The number of rotatable bonds is 24. The van der Waals surface area contributed by atoms with Crippen molar-refractivity contribution < 1.29 is 28.0 Å². The predicted octanol–water partition coefficient (Wildman–Crippen LogP) is 8.33. The topological polar surface area (TPSA) is 93.1 Å². The third kappa shape index (κ3) is 22.5. The molecule has 0 unspecified atom stereocenters. The zero-order valence-electron chi connectivity index (χ0n) is 21.5. The summed E-state index contributed by atoms with van der Waals surface area (Å²) in [6, 6.07) is 0. The van der Waals surface area contributed by atoms with Gasteiger partial charge in [-0.2, -0.15) is 0 Å². The Balaban J connectivity index is 4.44. The highest BCUT2D eigenvalue weighted by Gasteiger charge is 2.38. The highest BCUT2D eigenvalue weighted by atomic mass is 31.2. The van der Waals surface area contributed by atoms with Gasteiger partial charge in [-0.3, -0.25) is 9.13 Å². The van der Waals surface area contributed by atoms with Crippen LogP contribution in [-0.4, -0.2) is 35.3 Å². The lowest BCUT2D eigenvalue weighted by Gasteiger charge is -2.29. The van der Waals surface area contributed by atoms with Crippen molar-refractivity contribution >= 4 is 15.2 Å². The molecule has 0 fully saturated rings. The van der Waals surface area contributed by atoms with E-state index in [0.29, 0.717) is 13.2 Å². The van der Waals surface area contributed by atoms with Crippen LogP contribution in [0.15, 0.2) is 0 Å². The summed E-state index contributed by atoms with van der Waals surface area (Å²) < 4.78 is 36.2. The van der Waals surface area contributed by atoms with Crippen molar-refractivity contribution in [2.75, 3.05) is 25.5 Å². The molecule has 0 bridgehead atoms. The molecule has 0 saturated heterocycles.